The standard InChI is InChI=1S/C26H23NO5/c1-16-13-21-22(14-17(16)2)32-25(18-9-11-20(30-3)12-10-18)26(24(21)29)31-15-23(28)27-19-7-5-4-6-8-19/h4-14H,15H2,1-3H3,(H,27,28). The second kappa shape index (κ2) is 8.98. The van der Waals surface area contributed by atoms with Crippen LogP contribution in [0.15, 0.2) is 75.9 Å². The molecule has 0 spiro atoms. The molecule has 1 heterocycles. The van der Waals surface area contributed by atoms with Crippen LogP contribution in [-0.4, -0.2) is 19.6 Å². The number of para-hydroxylation sites is 1. The van der Waals surface area contributed by atoms with Gasteiger partial charge in [-0.15, -0.1) is 0 Å². The summed E-state index contributed by atoms with van der Waals surface area (Å²) in [6.45, 7) is 3.55. The molecule has 6 heteroatoms. The van der Waals surface area contributed by atoms with Crippen LogP contribution in [0, 0.1) is 13.8 Å². The number of amides is 1. The van der Waals surface area contributed by atoms with E-state index < -0.39 is 0 Å². The summed E-state index contributed by atoms with van der Waals surface area (Å²) in [5, 5.41) is 3.15. The van der Waals surface area contributed by atoms with Crippen molar-refractivity contribution in [3.05, 3.63) is 88.1 Å². The molecule has 0 saturated carbocycles. The van der Waals surface area contributed by atoms with E-state index in [1.165, 1.54) is 0 Å². The van der Waals surface area contributed by atoms with E-state index in [1.807, 2.05) is 38.1 Å². The molecule has 0 atom stereocenters. The Bertz CT molecular complexity index is 1320. The predicted octanol–water partition coefficient (Wildman–Crippen LogP) is 5.10. The largest absolute Gasteiger partial charge is 0.497 e. The van der Waals surface area contributed by atoms with Gasteiger partial charge >= 0.3 is 0 Å². The van der Waals surface area contributed by atoms with Crippen molar-refractivity contribution in [2.45, 2.75) is 13.8 Å². The number of rotatable bonds is 6. The smallest absolute Gasteiger partial charge is 0.262 e. The topological polar surface area (TPSA) is 77.8 Å². The SMILES string of the molecule is COc1ccc(-c2oc3cc(C)c(C)cc3c(=O)c2OCC(=O)Nc2ccccc2)cc1. The van der Waals surface area contributed by atoms with Crippen molar-refractivity contribution in [1.29, 1.82) is 0 Å². The number of carbonyl (C=O) groups is 1. The maximum atomic E-state index is 13.3. The Kier molecular flexibility index (Phi) is 5.94. The van der Waals surface area contributed by atoms with Crippen LogP contribution in [-0.2, 0) is 4.79 Å². The van der Waals surface area contributed by atoms with Gasteiger partial charge in [0.15, 0.2) is 12.4 Å². The van der Waals surface area contributed by atoms with Crippen LogP contribution in [0.4, 0.5) is 5.69 Å². The number of anilines is 1. The maximum Gasteiger partial charge on any atom is 0.262 e. The molecule has 3 aromatic carbocycles. The van der Waals surface area contributed by atoms with Gasteiger partial charge in [0.2, 0.25) is 11.2 Å². The number of benzene rings is 3. The number of hydrogen-bond acceptors (Lipinski definition) is 5. The van der Waals surface area contributed by atoms with Gasteiger partial charge in [-0.2, -0.15) is 0 Å². The van der Waals surface area contributed by atoms with E-state index in [0.717, 1.165) is 11.1 Å². The van der Waals surface area contributed by atoms with Crippen LogP contribution in [0.2, 0.25) is 0 Å². The Balaban J connectivity index is 1.74. The summed E-state index contributed by atoms with van der Waals surface area (Å²) in [6, 6.07) is 19.8. The van der Waals surface area contributed by atoms with Crippen molar-refractivity contribution >= 4 is 22.6 Å². The first-order valence-electron chi connectivity index (χ1n) is 10.2. The highest BCUT2D eigenvalue weighted by Gasteiger charge is 2.20. The van der Waals surface area contributed by atoms with Gasteiger partial charge < -0.3 is 19.2 Å². The van der Waals surface area contributed by atoms with Crippen LogP contribution in [0.25, 0.3) is 22.3 Å². The quantitative estimate of drug-likeness (QED) is 0.461. The first kappa shape index (κ1) is 21.2. The first-order valence-corrected chi connectivity index (χ1v) is 10.2. The summed E-state index contributed by atoms with van der Waals surface area (Å²) in [4.78, 5) is 25.7. The van der Waals surface area contributed by atoms with E-state index in [9.17, 15) is 9.59 Å². The minimum absolute atomic E-state index is 0.00543. The van der Waals surface area contributed by atoms with Crippen molar-refractivity contribution in [2.75, 3.05) is 19.0 Å². The second-order valence-electron chi connectivity index (χ2n) is 7.45. The molecule has 0 saturated heterocycles. The van der Waals surface area contributed by atoms with Crippen molar-refractivity contribution in [2.24, 2.45) is 0 Å². The summed E-state index contributed by atoms with van der Waals surface area (Å²) >= 11 is 0. The molecule has 0 radical (unpaired) electrons. The number of hydrogen-bond donors (Lipinski definition) is 1. The van der Waals surface area contributed by atoms with E-state index in [2.05, 4.69) is 5.32 Å². The molecule has 1 amide bonds. The zero-order valence-corrected chi connectivity index (χ0v) is 18.1. The van der Waals surface area contributed by atoms with Crippen LogP contribution >= 0.6 is 0 Å². The highest BCUT2D eigenvalue weighted by Crippen LogP contribution is 2.32. The van der Waals surface area contributed by atoms with Crippen LogP contribution in [0.1, 0.15) is 11.1 Å². The fraction of sp³-hybridized carbons (Fsp3) is 0.154. The predicted molar refractivity (Wildman–Crippen MR) is 125 cm³/mol. The number of methoxy groups -OCH3 is 1. The Hall–Kier alpha value is -4.06. The molecule has 0 aliphatic carbocycles. The Morgan fingerprint density at radius 2 is 1.66 bits per heavy atom. The molecule has 0 aliphatic heterocycles. The Morgan fingerprint density at radius 1 is 0.969 bits per heavy atom. The third-order valence-electron chi connectivity index (χ3n) is 5.22. The van der Waals surface area contributed by atoms with E-state index >= 15 is 0 Å². The molecule has 162 valence electrons. The molecule has 32 heavy (non-hydrogen) atoms. The molecule has 4 aromatic rings. The normalized spacial score (nSPS) is 10.7. The van der Waals surface area contributed by atoms with Gasteiger partial charge in [0.25, 0.3) is 5.91 Å². The molecule has 1 aromatic heterocycles. The van der Waals surface area contributed by atoms with Crippen LogP contribution in [0.5, 0.6) is 11.5 Å². The summed E-state index contributed by atoms with van der Waals surface area (Å²) in [6.07, 6.45) is 0. The van der Waals surface area contributed by atoms with Gasteiger partial charge in [-0.05, 0) is 73.5 Å². The monoisotopic (exact) mass is 429 g/mol. The van der Waals surface area contributed by atoms with Crippen LogP contribution < -0.4 is 20.2 Å². The molecule has 0 fully saturated rings. The molecule has 0 aliphatic rings. The fourth-order valence-electron chi connectivity index (χ4n) is 3.35. The lowest BCUT2D eigenvalue weighted by atomic mass is 10.0. The first-order chi connectivity index (χ1) is 15.5. The molecule has 0 bridgehead atoms. The number of aryl methyl sites for hydroxylation is 2. The fourth-order valence-corrected chi connectivity index (χ4v) is 3.35. The average molecular weight is 429 g/mol. The summed E-state index contributed by atoms with van der Waals surface area (Å²) in [5.41, 5.74) is 3.40. The molecule has 4 rings (SSSR count). The molecule has 0 unspecified atom stereocenters. The minimum Gasteiger partial charge on any atom is -0.497 e. The lowest BCUT2D eigenvalue weighted by Crippen LogP contribution is -2.22. The van der Waals surface area contributed by atoms with Crippen molar-refractivity contribution in [3.63, 3.8) is 0 Å². The maximum absolute atomic E-state index is 13.3. The highest BCUT2D eigenvalue weighted by molar-refractivity contribution is 5.92. The van der Waals surface area contributed by atoms with Crippen LogP contribution in [0.3, 0.4) is 0 Å². The number of carbonyl (C=O) groups excluding carboxylic acids is 1. The highest BCUT2D eigenvalue weighted by atomic mass is 16.5. The Morgan fingerprint density at radius 3 is 2.34 bits per heavy atom. The third kappa shape index (κ3) is 4.34. The van der Waals surface area contributed by atoms with Gasteiger partial charge in [-0.1, -0.05) is 18.2 Å². The summed E-state index contributed by atoms with van der Waals surface area (Å²) in [5.74, 6) is 0.555. The average Bonchev–Trinajstić information content (AvgIpc) is 2.80. The van der Waals surface area contributed by atoms with Gasteiger partial charge in [0.05, 0.1) is 12.5 Å². The summed E-state index contributed by atoms with van der Waals surface area (Å²) in [7, 11) is 1.58. The van der Waals surface area contributed by atoms with Gasteiger partial charge in [0.1, 0.15) is 11.3 Å². The van der Waals surface area contributed by atoms with E-state index in [1.54, 1.807) is 49.6 Å². The zero-order chi connectivity index (χ0) is 22.7. The number of nitrogens with one attached hydrogen (secondary N) is 1. The molecular formula is C26H23NO5. The van der Waals surface area contributed by atoms with Gasteiger partial charge in [0, 0.05) is 11.3 Å². The van der Waals surface area contributed by atoms with Gasteiger partial charge in [-0.25, -0.2) is 0 Å². The minimum atomic E-state index is -0.378. The molecular weight excluding hydrogens is 406 g/mol. The third-order valence-corrected chi connectivity index (χ3v) is 5.22. The lowest BCUT2D eigenvalue weighted by molar-refractivity contribution is -0.118. The lowest BCUT2D eigenvalue weighted by Gasteiger charge is -2.13. The molecule has 1 N–H and O–H groups in total. The van der Waals surface area contributed by atoms with Gasteiger partial charge in [-0.3, -0.25) is 9.59 Å². The van der Waals surface area contributed by atoms with E-state index in [-0.39, 0.29) is 29.5 Å². The van der Waals surface area contributed by atoms with E-state index in [0.29, 0.717) is 28.0 Å². The van der Waals surface area contributed by atoms with Crippen molar-refractivity contribution in [3.8, 4) is 22.8 Å². The Labute approximate surface area is 185 Å². The summed E-state index contributed by atoms with van der Waals surface area (Å²) < 4.78 is 17.1. The molecule has 6 nitrogen and oxygen atoms in total. The van der Waals surface area contributed by atoms with Crippen molar-refractivity contribution in [1.82, 2.24) is 0 Å². The second-order valence-corrected chi connectivity index (χ2v) is 7.45. The number of ether oxygens (including phenoxy) is 2. The zero-order valence-electron chi connectivity index (χ0n) is 18.1. The van der Waals surface area contributed by atoms with E-state index in [4.69, 9.17) is 13.9 Å². The number of fused-ring (bicyclic) bond motifs is 1. The van der Waals surface area contributed by atoms with Crippen molar-refractivity contribution < 1.29 is 18.7 Å².